The van der Waals surface area contributed by atoms with Crippen LogP contribution in [-0.4, -0.2) is 32.1 Å². The summed E-state index contributed by atoms with van der Waals surface area (Å²) in [5, 5.41) is 0. The van der Waals surface area contributed by atoms with Crippen molar-refractivity contribution in [2.45, 2.75) is 26.7 Å². The average Bonchev–Trinajstić information content (AvgIpc) is 3.07. The van der Waals surface area contributed by atoms with Crippen LogP contribution in [0.4, 0.5) is 5.69 Å². The first kappa shape index (κ1) is 18.0. The monoisotopic (exact) mass is 353 g/mol. The van der Waals surface area contributed by atoms with Gasteiger partial charge in [0.2, 0.25) is 5.91 Å². The van der Waals surface area contributed by atoms with Crippen LogP contribution in [-0.2, 0) is 16.0 Å². The molecule has 0 aromatic heterocycles. The van der Waals surface area contributed by atoms with Crippen LogP contribution in [0.1, 0.15) is 33.5 Å². The van der Waals surface area contributed by atoms with E-state index in [0.717, 1.165) is 29.0 Å². The van der Waals surface area contributed by atoms with E-state index in [0.29, 0.717) is 25.1 Å². The number of hydrogen-bond donors (Lipinski definition) is 0. The molecule has 0 atom stereocenters. The summed E-state index contributed by atoms with van der Waals surface area (Å²) in [6.07, 6.45) is 1.05. The molecule has 0 saturated heterocycles. The molecule has 0 saturated carbocycles. The van der Waals surface area contributed by atoms with E-state index in [9.17, 15) is 9.59 Å². The fourth-order valence-electron chi connectivity index (χ4n) is 3.17. The largest absolute Gasteiger partial charge is 0.493 e. The molecule has 3 rings (SSSR count). The zero-order valence-corrected chi connectivity index (χ0v) is 15.4. The van der Waals surface area contributed by atoms with Gasteiger partial charge in [0.05, 0.1) is 25.7 Å². The minimum Gasteiger partial charge on any atom is -0.493 e. The molecule has 5 heteroatoms. The Kier molecular flexibility index (Phi) is 5.26. The molecular weight excluding hydrogens is 330 g/mol. The van der Waals surface area contributed by atoms with E-state index >= 15 is 0 Å². The van der Waals surface area contributed by atoms with Gasteiger partial charge < -0.3 is 14.4 Å². The Hall–Kier alpha value is -2.82. The lowest BCUT2D eigenvalue weighted by atomic mass is 10.1. The molecular formula is C21H23NO4. The van der Waals surface area contributed by atoms with Crippen molar-refractivity contribution in [3.05, 3.63) is 58.7 Å². The Morgan fingerprint density at radius 2 is 1.96 bits per heavy atom. The second-order valence-corrected chi connectivity index (χ2v) is 6.43. The molecule has 0 unspecified atom stereocenters. The van der Waals surface area contributed by atoms with Gasteiger partial charge in [-0.05, 0) is 61.2 Å². The van der Waals surface area contributed by atoms with E-state index < -0.39 is 0 Å². The van der Waals surface area contributed by atoms with Gasteiger partial charge >= 0.3 is 5.97 Å². The lowest BCUT2D eigenvalue weighted by molar-refractivity contribution is -0.119. The summed E-state index contributed by atoms with van der Waals surface area (Å²) in [6.45, 7) is 5.02. The van der Waals surface area contributed by atoms with Gasteiger partial charge in [-0.3, -0.25) is 4.79 Å². The summed E-state index contributed by atoms with van der Waals surface area (Å²) in [5.74, 6) is 0.488. The molecule has 0 radical (unpaired) electrons. The number of rotatable bonds is 5. The number of anilines is 1. The number of carbonyl (C=O) groups is 2. The highest BCUT2D eigenvalue weighted by Gasteiger charge is 2.25. The Labute approximate surface area is 153 Å². The number of hydrogen-bond acceptors (Lipinski definition) is 4. The van der Waals surface area contributed by atoms with Crippen molar-refractivity contribution >= 4 is 17.6 Å². The van der Waals surface area contributed by atoms with Gasteiger partial charge in [-0.15, -0.1) is 0 Å². The maximum atomic E-state index is 12.6. The molecule has 1 heterocycles. The molecule has 0 N–H and O–H groups in total. The SMILES string of the molecule is COC(=O)c1ccc2c(c1)CCN2C(=O)CCOc1cccc(C)c1C. The maximum absolute atomic E-state index is 12.6. The van der Waals surface area contributed by atoms with Gasteiger partial charge in [-0.1, -0.05) is 12.1 Å². The number of carbonyl (C=O) groups excluding carboxylic acids is 2. The van der Waals surface area contributed by atoms with E-state index in [-0.39, 0.29) is 11.9 Å². The smallest absolute Gasteiger partial charge is 0.337 e. The summed E-state index contributed by atoms with van der Waals surface area (Å²) >= 11 is 0. The van der Waals surface area contributed by atoms with Crippen LogP contribution in [0.3, 0.4) is 0 Å². The third kappa shape index (κ3) is 3.57. The topological polar surface area (TPSA) is 55.8 Å². The quantitative estimate of drug-likeness (QED) is 0.773. The molecule has 0 spiro atoms. The van der Waals surface area contributed by atoms with E-state index in [2.05, 4.69) is 0 Å². The summed E-state index contributed by atoms with van der Waals surface area (Å²) in [7, 11) is 1.36. The Balaban J connectivity index is 1.62. The first-order valence-corrected chi connectivity index (χ1v) is 8.72. The number of nitrogens with zero attached hydrogens (tertiary/aromatic N) is 1. The van der Waals surface area contributed by atoms with Crippen LogP contribution in [0.15, 0.2) is 36.4 Å². The number of ether oxygens (including phenoxy) is 2. The molecule has 2 aromatic carbocycles. The van der Waals surface area contributed by atoms with Gasteiger partial charge in [0.15, 0.2) is 0 Å². The van der Waals surface area contributed by atoms with Crippen LogP contribution < -0.4 is 9.64 Å². The van der Waals surface area contributed by atoms with Crippen molar-refractivity contribution in [1.82, 2.24) is 0 Å². The highest BCUT2D eigenvalue weighted by atomic mass is 16.5. The third-order valence-corrected chi connectivity index (χ3v) is 4.83. The molecule has 26 heavy (non-hydrogen) atoms. The lowest BCUT2D eigenvalue weighted by Crippen LogP contribution is -2.30. The van der Waals surface area contributed by atoms with Gasteiger partial charge in [0.1, 0.15) is 5.75 Å². The summed E-state index contributed by atoms with van der Waals surface area (Å²) in [6, 6.07) is 11.2. The molecule has 5 nitrogen and oxygen atoms in total. The van der Waals surface area contributed by atoms with Gasteiger partial charge in [0.25, 0.3) is 0 Å². The van der Waals surface area contributed by atoms with Gasteiger partial charge in [0, 0.05) is 12.2 Å². The minimum absolute atomic E-state index is 0.0277. The zero-order chi connectivity index (χ0) is 18.7. The maximum Gasteiger partial charge on any atom is 0.337 e. The van der Waals surface area contributed by atoms with Crippen molar-refractivity contribution in [3.8, 4) is 5.75 Å². The zero-order valence-electron chi connectivity index (χ0n) is 15.4. The first-order chi connectivity index (χ1) is 12.5. The Morgan fingerprint density at radius 3 is 2.73 bits per heavy atom. The van der Waals surface area contributed by atoms with Gasteiger partial charge in [-0.25, -0.2) is 4.79 Å². The van der Waals surface area contributed by atoms with Crippen molar-refractivity contribution in [2.75, 3.05) is 25.2 Å². The second kappa shape index (κ2) is 7.60. The third-order valence-electron chi connectivity index (χ3n) is 4.83. The minimum atomic E-state index is -0.362. The molecule has 0 bridgehead atoms. The highest BCUT2D eigenvalue weighted by Crippen LogP contribution is 2.29. The van der Waals surface area contributed by atoms with E-state index in [1.807, 2.05) is 38.1 Å². The van der Waals surface area contributed by atoms with Crippen LogP contribution in [0.2, 0.25) is 0 Å². The van der Waals surface area contributed by atoms with Crippen molar-refractivity contribution in [2.24, 2.45) is 0 Å². The number of esters is 1. The van der Waals surface area contributed by atoms with Crippen LogP contribution in [0, 0.1) is 13.8 Å². The summed E-state index contributed by atoms with van der Waals surface area (Å²) in [4.78, 5) is 26.0. The number of fused-ring (bicyclic) bond motifs is 1. The Bertz CT molecular complexity index is 844. The van der Waals surface area contributed by atoms with Crippen molar-refractivity contribution in [3.63, 3.8) is 0 Å². The predicted octanol–water partition coefficient (Wildman–Crippen LogP) is 3.45. The average molecular weight is 353 g/mol. The fraction of sp³-hybridized carbons (Fsp3) is 0.333. The Morgan fingerprint density at radius 1 is 1.15 bits per heavy atom. The van der Waals surface area contributed by atoms with Gasteiger partial charge in [-0.2, -0.15) is 0 Å². The van der Waals surface area contributed by atoms with Crippen molar-refractivity contribution < 1.29 is 19.1 Å². The number of amides is 1. The first-order valence-electron chi connectivity index (χ1n) is 8.72. The van der Waals surface area contributed by atoms with E-state index in [1.165, 1.54) is 12.7 Å². The standard InChI is InChI=1S/C21H23NO4/c1-14-5-4-6-19(15(14)2)26-12-10-20(23)22-11-9-16-13-17(21(24)25-3)7-8-18(16)22/h4-8,13H,9-12H2,1-3H3. The van der Waals surface area contributed by atoms with Crippen LogP contribution in [0.5, 0.6) is 5.75 Å². The van der Waals surface area contributed by atoms with E-state index in [4.69, 9.17) is 9.47 Å². The van der Waals surface area contributed by atoms with E-state index in [1.54, 1.807) is 17.0 Å². The highest BCUT2D eigenvalue weighted by molar-refractivity contribution is 5.97. The second-order valence-electron chi connectivity index (χ2n) is 6.43. The van der Waals surface area contributed by atoms with Crippen LogP contribution in [0.25, 0.3) is 0 Å². The number of methoxy groups -OCH3 is 1. The van der Waals surface area contributed by atoms with Crippen LogP contribution >= 0.6 is 0 Å². The predicted molar refractivity (Wildman–Crippen MR) is 99.9 cm³/mol. The number of benzene rings is 2. The molecule has 2 aromatic rings. The fourth-order valence-corrected chi connectivity index (χ4v) is 3.17. The lowest BCUT2D eigenvalue weighted by Gasteiger charge is -2.18. The molecule has 1 amide bonds. The molecule has 0 aliphatic carbocycles. The summed E-state index contributed by atoms with van der Waals surface area (Å²) in [5.41, 5.74) is 4.65. The molecule has 1 aliphatic rings. The molecule has 136 valence electrons. The van der Waals surface area contributed by atoms with Crippen molar-refractivity contribution in [1.29, 1.82) is 0 Å². The summed E-state index contributed by atoms with van der Waals surface area (Å²) < 4.78 is 10.5. The molecule has 0 fully saturated rings. The molecule has 1 aliphatic heterocycles. The normalized spacial score (nSPS) is 12.7. The number of aryl methyl sites for hydroxylation is 1.